The number of rotatable bonds is 1. The lowest BCUT2D eigenvalue weighted by Crippen LogP contribution is -2.10. The molecule has 0 unspecified atom stereocenters. The average Bonchev–Trinajstić information content (AvgIpc) is 2.91. The maximum absolute atomic E-state index is 11.5. The Kier molecular flexibility index (Phi) is 2.74. The van der Waals surface area contributed by atoms with Crippen molar-refractivity contribution in [2.75, 3.05) is 5.75 Å². The highest BCUT2D eigenvalue weighted by atomic mass is 32.2. The normalized spacial score (nSPS) is 14.8. The molecule has 2 heterocycles. The molecule has 3 rings (SSSR count). The maximum Gasteiger partial charge on any atom is 0.259 e. The molecule has 0 bridgehead atoms. The van der Waals surface area contributed by atoms with E-state index in [4.69, 9.17) is 0 Å². The number of aromatic nitrogens is 3. The number of carbonyl (C=O) groups is 1. The molecule has 0 radical (unpaired) electrons. The van der Waals surface area contributed by atoms with E-state index in [0.29, 0.717) is 16.7 Å². The first-order chi connectivity index (χ1) is 8.95. The number of hydrogen-bond donors (Lipinski definition) is 0. The number of carbonyl (C=O) groups excluding carboxylic acids is 1. The van der Waals surface area contributed by atoms with Gasteiger partial charge in [0.25, 0.3) is 5.91 Å². The first kappa shape index (κ1) is 12.4. The van der Waals surface area contributed by atoms with Crippen LogP contribution in [0.4, 0.5) is 0 Å². The summed E-state index contributed by atoms with van der Waals surface area (Å²) >= 11 is 1.44. The summed E-state index contributed by atoms with van der Waals surface area (Å²) in [6.45, 7) is 6.54. The Bertz CT molecular complexity index is 638. The molecule has 1 aromatic carbocycles. The molecule has 5 heteroatoms. The second kappa shape index (κ2) is 4.20. The molecule has 98 valence electrons. The van der Waals surface area contributed by atoms with Crippen LogP contribution >= 0.6 is 11.8 Å². The van der Waals surface area contributed by atoms with Crippen molar-refractivity contribution in [2.45, 2.75) is 31.3 Å². The zero-order chi connectivity index (χ0) is 13.6. The third-order valence-corrected chi connectivity index (χ3v) is 4.06. The molecule has 0 fully saturated rings. The van der Waals surface area contributed by atoms with Crippen LogP contribution in [0, 0.1) is 0 Å². The van der Waals surface area contributed by atoms with Gasteiger partial charge in [-0.1, -0.05) is 56.8 Å². The lowest BCUT2D eigenvalue weighted by Gasteiger charge is -2.18. The second-order valence-corrected chi connectivity index (χ2v) is 6.58. The highest BCUT2D eigenvalue weighted by molar-refractivity contribution is 8.00. The van der Waals surface area contributed by atoms with Gasteiger partial charge in [0.05, 0.1) is 5.75 Å². The average molecular weight is 273 g/mol. The van der Waals surface area contributed by atoms with Gasteiger partial charge in [-0.3, -0.25) is 4.79 Å². The van der Waals surface area contributed by atoms with Gasteiger partial charge < -0.3 is 0 Å². The molecule has 0 atom stereocenters. The number of fused-ring (bicyclic) bond motifs is 1. The molecule has 1 aliphatic rings. The summed E-state index contributed by atoms with van der Waals surface area (Å²) in [5.74, 6) is 1.07. The van der Waals surface area contributed by atoms with Gasteiger partial charge >= 0.3 is 0 Å². The smallest absolute Gasteiger partial charge is 0.259 e. The summed E-state index contributed by atoms with van der Waals surface area (Å²) in [6, 6.07) is 8.22. The van der Waals surface area contributed by atoms with Gasteiger partial charge in [0.15, 0.2) is 11.0 Å². The van der Waals surface area contributed by atoms with E-state index in [-0.39, 0.29) is 11.3 Å². The summed E-state index contributed by atoms with van der Waals surface area (Å²) < 4.78 is 1.40. The monoisotopic (exact) mass is 273 g/mol. The molecule has 19 heavy (non-hydrogen) atoms. The van der Waals surface area contributed by atoms with Crippen molar-refractivity contribution in [2.24, 2.45) is 0 Å². The van der Waals surface area contributed by atoms with Gasteiger partial charge in [0.2, 0.25) is 0 Å². The summed E-state index contributed by atoms with van der Waals surface area (Å²) in [6.07, 6.45) is 0. The fourth-order valence-electron chi connectivity index (χ4n) is 1.98. The standard InChI is InChI=1S/C14H15N3OS/c1-14(2,3)10-6-4-9(5-7-10)12-15-13-17(16-12)11(18)8-19-13/h4-7H,8H2,1-3H3. The molecule has 0 N–H and O–H groups in total. The minimum Gasteiger partial charge on any atom is -0.271 e. The highest BCUT2D eigenvalue weighted by Gasteiger charge is 2.24. The van der Waals surface area contributed by atoms with Crippen LogP contribution in [0.25, 0.3) is 11.4 Å². The van der Waals surface area contributed by atoms with Crippen molar-refractivity contribution in [1.29, 1.82) is 0 Å². The van der Waals surface area contributed by atoms with Gasteiger partial charge in [-0.2, -0.15) is 4.68 Å². The van der Waals surface area contributed by atoms with Crippen molar-refractivity contribution in [3.8, 4) is 11.4 Å². The zero-order valence-corrected chi connectivity index (χ0v) is 12.0. The molecule has 4 nitrogen and oxygen atoms in total. The van der Waals surface area contributed by atoms with E-state index in [2.05, 4.69) is 43.0 Å². The summed E-state index contributed by atoms with van der Waals surface area (Å²) in [5.41, 5.74) is 2.35. The molecule has 0 spiro atoms. The molecule has 1 aliphatic heterocycles. The van der Waals surface area contributed by atoms with E-state index in [9.17, 15) is 4.79 Å². The maximum atomic E-state index is 11.5. The predicted molar refractivity (Wildman–Crippen MR) is 75.5 cm³/mol. The fourth-order valence-corrected chi connectivity index (χ4v) is 2.77. The first-order valence-electron chi connectivity index (χ1n) is 6.19. The van der Waals surface area contributed by atoms with Crippen molar-refractivity contribution < 1.29 is 4.79 Å². The summed E-state index contributed by atoms with van der Waals surface area (Å²) in [5, 5.41) is 4.96. The molecule has 1 aromatic heterocycles. The fraction of sp³-hybridized carbons (Fsp3) is 0.357. The molecular weight excluding hydrogens is 258 g/mol. The third-order valence-electron chi connectivity index (χ3n) is 3.15. The summed E-state index contributed by atoms with van der Waals surface area (Å²) in [7, 11) is 0. The second-order valence-electron chi connectivity index (χ2n) is 5.64. The molecule has 0 saturated heterocycles. The van der Waals surface area contributed by atoms with Crippen molar-refractivity contribution in [3.63, 3.8) is 0 Å². The van der Waals surface area contributed by atoms with Crippen LogP contribution in [0.2, 0.25) is 0 Å². The zero-order valence-electron chi connectivity index (χ0n) is 11.2. The Morgan fingerprint density at radius 1 is 1.21 bits per heavy atom. The van der Waals surface area contributed by atoms with E-state index >= 15 is 0 Å². The van der Waals surface area contributed by atoms with Crippen LogP contribution in [0.15, 0.2) is 29.4 Å². The number of hydrogen-bond acceptors (Lipinski definition) is 4. The SMILES string of the molecule is CC(C)(C)c1ccc(-c2nc3n(n2)C(=O)CS3)cc1. The first-order valence-corrected chi connectivity index (χ1v) is 7.18. The van der Waals surface area contributed by atoms with Crippen molar-refractivity contribution in [1.82, 2.24) is 14.8 Å². The Labute approximate surface area is 116 Å². The summed E-state index contributed by atoms with van der Waals surface area (Å²) in [4.78, 5) is 15.9. The van der Waals surface area contributed by atoms with Crippen LogP contribution < -0.4 is 0 Å². The molecule has 0 amide bonds. The van der Waals surface area contributed by atoms with Crippen LogP contribution in [0.1, 0.15) is 31.1 Å². The van der Waals surface area contributed by atoms with E-state index in [1.54, 1.807) is 0 Å². The van der Waals surface area contributed by atoms with Crippen LogP contribution in [-0.4, -0.2) is 26.4 Å². The Balaban J connectivity index is 1.95. The van der Waals surface area contributed by atoms with Gasteiger partial charge in [-0.25, -0.2) is 4.98 Å². The van der Waals surface area contributed by atoms with Gasteiger partial charge in [-0.05, 0) is 11.0 Å². The number of nitrogens with zero attached hydrogens (tertiary/aromatic N) is 3. The van der Waals surface area contributed by atoms with E-state index < -0.39 is 0 Å². The van der Waals surface area contributed by atoms with Crippen molar-refractivity contribution in [3.05, 3.63) is 29.8 Å². The molecule has 0 aliphatic carbocycles. The van der Waals surface area contributed by atoms with Crippen molar-refractivity contribution >= 4 is 17.7 Å². The quantitative estimate of drug-likeness (QED) is 0.801. The van der Waals surface area contributed by atoms with Crippen LogP contribution in [-0.2, 0) is 5.41 Å². The Hall–Kier alpha value is -1.62. The van der Waals surface area contributed by atoms with E-state index in [1.165, 1.54) is 22.0 Å². The Morgan fingerprint density at radius 2 is 1.89 bits per heavy atom. The predicted octanol–water partition coefficient (Wildman–Crippen LogP) is 2.99. The number of thioether (sulfide) groups is 1. The molecule has 0 saturated carbocycles. The number of benzene rings is 1. The largest absolute Gasteiger partial charge is 0.271 e. The lowest BCUT2D eigenvalue weighted by molar-refractivity contribution is 0.0923. The van der Waals surface area contributed by atoms with E-state index in [0.717, 1.165) is 5.56 Å². The van der Waals surface area contributed by atoms with Crippen LogP contribution in [0.5, 0.6) is 0 Å². The van der Waals surface area contributed by atoms with Gasteiger partial charge in [-0.15, -0.1) is 5.10 Å². The Morgan fingerprint density at radius 3 is 2.47 bits per heavy atom. The third kappa shape index (κ3) is 2.18. The topological polar surface area (TPSA) is 47.8 Å². The van der Waals surface area contributed by atoms with E-state index in [1.807, 2.05) is 12.1 Å². The minimum atomic E-state index is 0.00469. The van der Waals surface area contributed by atoms with Crippen LogP contribution in [0.3, 0.4) is 0 Å². The molecule has 2 aromatic rings. The molecular formula is C14H15N3OS. The lowest BCUT2D eigenvalue weighted by atomic mass is 9.87. The van der Waals surface area contributed by atoms with Gasteiger partial charge in [0, 0.05) is 5.56 Å². The minimum absolute atomic E-state index is 0.00469. The highest BCUT2D eigenvalue weighted by Crippen LogP contribution is 2.28. The van der Waals surface area contributed by atoms with Gasteiger partial charge in [0.1, 0.15) is 0 Å².